The van der Waals surface area contributed by atoms with Gasteiger partial charge in [0, 0.05) is 34.7 Å². The Morgan fingerprint density at radius 1 is 1.17 bits per heavy atom. The Balaban J connectivity index is 1.34. The van der Waals surface area contributed by atoms with E-state index in [0.29, 0.717) is 41.3 Å². The first kappa shape index (κ1) is 23.2. The van der Waals surface area contributed by atoms with Crippen molar-refractivity contribution in [1.82, 2.24) is 19.4 Å². The van der Waals surface area contributed by atoms with Crippen molar-refractivity contribution in [3.63, 3.8) is 0 Å². The van der Waals surface area contributed by atoms with Crippen molar-refractivity contribution in [3.05, 3.63) is 83.2 Å². The second-order valence-corrected chi connectivity index (χ2v) is 10.4. The molecule has 0 bridgehead atoms. The Labute approximate surface area is 208 Å². The molecule has 1 aliphatic carbocycles. The molecule has 1 unspecified atom stereocenters. The van der Waals surface area contributed by atoms with Gasteiger partial charge in [0.15, 0.2) is 11.4 Å². The van der Waals surface area contributed by atoms with E-state index in [1.54, 1.807) is 36.3 Å². The van der Waals surface area contributed by atoms with E-state index < -0.39 is 5.41 Å². The molecule has 4 aromatic rings. The zero-order valence-electron chi connectivity index (χ0n) is 20.0. The predicted octanol–water partition coefficient (Wildman–Crippen LogP) is 4.81. The number of carbonyl (C=O) groups is 2. The minimum Gasteiger partial charge on any atom is -0.310 e. The number of fused-ring (bicyclic) bond motifs is 2. The van der Waals surface area contributed by atoms with Crippen molar-refractivity contribution in [2.24, 2.45) is 0 Å². The summed E-state index contributed by atoms with van der Waals surface area (Å²) in [5.74, 6) is 1.33. The number of nitrogens with zero attached hydrogens (tertiary/aromatic N) is 4. The van der Waals surface area contributed by atoms with Gasteiger partial charge in [0.1, 0.15) is 5.82 Å². The maximum atomic E-state index is 13.6. The number of hydrogen-bond acceptors (Lipinski definition) is 6. The van der Waals surface area contributed by atoms with Gasteiger partial charge in [0.2, 0.25) is 5.91 Å². The largest absolute Gasteiger partial charge is 0.310 e. The molecule has 35 heavy (non-hydrogen) atoms. The highest BCUT2D eigenvalue weighted by Gasteiger charge is 2.43. The SMILES string of the molecule is CCSc1ccc(CC(=O)Nc2ccc3c(n2)CCC(C)(c2ncc(C)n4ccnc24)C3=O)cc1. The summed E-state index contributed by atoms with van der Waals surface area (Å²) in [6.07, 6.45) is 6.85. The number of thioether (sulfide) groups is 1. The summed E-state index contributed by atoms with van der Waals surface area (Å²) in [6, 6.07) is 11.5. The second kappa shape index (κ2) is 9.26. The Morgan fingerprint density at radius 3 is 2.74 bits per heavy atom. The summed E-state index contributed by atoms with van der Waals surface area (Å²) < 4.78 is 1.96. The van der Waals surface area contributed by atoms with Crippen LogP contribution < -0.4 is 5.32 Å². The minimum absolute atomic E-state index is 0.0181. The number of pyridine rings is 1. The highest BCUT2D eigenvalue weighted by atomic mass is 32.2. The van der Waals surface area contributed by atoms with Gasteiger partial charge in [-0.05, 0) is 62.3 Å². The minimum atomic E-state index is -0.790. The summed E-state index contributed by atoms with van der Waals surface area (Å²) in [5, 5.41) is 2.88. The predicted molar refractivity (Wildman–Crippen MR) is 137 cm³/mol. The van der Waals surface area contributed by atoms with E-state index in [4.69, 9.17) is 0 Å². The molecule has 0 radical (unpaired) electrons. The summed E-state index contributed by atoms with van der Waals surface area (Å²) in [4.78, 5) is 41.1. The first-order valence-corrected chi connectivity index (χ1v) is 12.7. The zero-order chi connectivity index (χ0) is 24.6. The Bertz CT molecular complexity index is 1430. The second-order valence-electron chi connectivity index (χ2n) is 9.02. The molecule has 0 spiro atoms. The number of ketones is 1. The average Bonchev–Trinajstić information content (AvgIpc) is 3.34. The van der Waals surface area contributed by atoms with Gasteiger partial charge in [0.25, 0.3) is 0 Å². The van der Waals surface area contributed by atoms with Crippen LogP contribution in [0, 0.1) is 6.92 Å². The molecule has 178 valence electrons. The van der Waals surface area contributed by atoms with Crippen molar-refractivity contribution in [1.29, 1.82) is 0 Å². The molecule has 5 rings (SSSR count). The third kappa shape index (κ3) is 4.34. The lowest BCUT2D eigenvalue weighted by atomic mass is 9.71. The van der Waals surface area contributed by atoms with Gasteiger partial charge in [-0.1, -0.05) is 19.1 Å². The van der Waals surface area contributed by atoms with Gasteiger partial charge in [0.05, 0.1) is 23.2 Å². The molecule has 3 aromatic heterocycles. The number of Topliss-reactive ketones (excluding diaryl/α,β-unsaturated/α-hetero) is 1. The van der Waals surface area contributed by atoms with Crippen molar-refractivity contribution in [2.75, 3.05) is 11.1 Å². The quantitative estimate of drug-likeness (QED) is 0.394. The number of rotatable bonds is 6. The molecule has 8 heteroatoms. The van der Waals surface area contributed by atoms with Crippen LogP contribution in [0.2, 0.25) is 0 Å². The summed E-state index contributed by atoms with van der Waals surface area (Å²) in [5.41, 5.74) is 3.80. The van der Waals surface area contributed by atoms with Crippen LogP contribution in [-0.4, -0.2) is 36.8 Å². The monoisotopic (exact) mass is 485 g/mol. The van der Waals surface area contributed by atoms with Crippen LogP contribution in [-0.2, 0) is 23.1 Å². The van der Waals surface area contributed by atoms with E-state index in [9.17, 15) is 9.59 Å². The highest BCUT2D eigenvalue weighted by molar-refractivity contribution is 7.99. The number of aryl methyl sites for hydroxylation is 2. The number of anilines is 1. The molecule has 7 nitrogen and oxygen atoms in total. The summed E-state index contributed by atoms with van der Waals surface area (Å²) >= 11 is 1.77. The molecular weight excluding hydrogens is 458 g/mol. The smallest absolute Gasteiger partial charge is 0.229 e. The highest BCUT2D eigenvalue weighted by Crippen LogP contribution is 2.38. The van der Waals surface area contributed by atoms with Crippen LogP contribution in [0.4, 0.5) is 5.82 Å². The van der Waals surface area contributed by atoms with Crippen molar-refractivity contribution in [3.8, 4) is 0 Å². The Morgan fingerprint density at radius 2 is 1.97 bits per heavy atom. The molecule has 0 saturated carbocycles. The first-order valence-electron chi connectivity index (χ1n) is 11.7. The fourth-order valence-electron chi connectivity index (χ4n) is 4.65. The van der Waals surface area contributed by atoms with Crippen LogP contribution in [0.15, 0.2) is 59.9 Å². The average molecular weight is 486 g/mol. The third-order valence-corrected chi connectivity index (χ3v) is 7.48. The molecule has 1 N–H and O–H groups in total. The molecule has 1 aromatic carbocycles. The number of benzene rings is 1. The van der Waals surface area contributed by atoms with Gasteiger partial charge in [-0.2, -0.15) is 0 Å². The summed E-state index contributed by atoms with van der Waals surface area (Å²) in [6.45, 7) is 6.01. The van der Waals surface area contributed by atoms with E-state index in [-0.39, 0.29) is 18.1 Å². The van der Waals surface area contributed by atoms with Crippen LogP contribution in [0.25, 0.3) is 5.65 Å². The molecular formula is C27H27N5O2S. The van der Waals surface area contributed by atoms with E-state index in [1.165, 1.54) is 4.90 Å². The van der Waals surface area contributed by atoms with Crippen molar-refractivity contribution < 1.29 is 9.59 Å². The Hall–Kier alpha value is -3.52. The van der Waals surface area contributed by atoms with E-state index in [2.05, 4.69) is 27.2 Å². The van der Waals surface area contributed by atoms with Gasteiger partial charge < -0.3 is 9.72 Å². The molecule has 1 aliphatic rings. The number of nitrogens with one attached hydrogen (secondary N) is 1. The van der Waals surface area contributed by atoms with Gasteiger partial charge >= 0.3 is 0 Å². The maximum absolute atomic E-state index is 13.6. The fraction of sp³-hybridized carbons (Fsp3) is 0.296. The summed E-state index contributed by atoms with van der Waals surface area (Å²) in [7, 11) is 0. The lowest BCUT2D eigenvalue weighted by Crippen LogP contribution is -2.39. The first-order chi connectivity index (χ1) is 16.9. The van der Waals surface area contributed by atoms with Gasteiger partial charge in [-0.15, -0.1) is 11.8 Å². The standard InChI is InChI=1S/C27H27N5O2S/c1-4-35-19-7-5-18(6-8-19)15-23(33)31-22-10-9-20-21(30-22)11-12-27(3,25(20)34)24-26-28-13-14-32(26)17(2)16-29-24/h5-10,13-14,16H,4,11-12,15H2,1-3H3,(H,30,31,33). The molecule has 3 heterocycles. The lowest BCUT2D eigenvalue weighted by Gasteiger charge is -2.32. The van der Waals surface area contributed by atoms with Crippen LogP contribution in [0.1, 0.15) is 53.3 Å². The Kier molecular flexibility index (Phi) is 6.15. The number of amides is 1. The van der Waals surface area contributed by atoms with Crippen LogP contribution >= 0.6 is 11.8 Å². The normalized spacial score (nSPS) is 17.4. The number of imidazole rings is 1. The molecule has 0 saturated heterocycles. The number of hydrogen-bond donors (Lipinski definition) is 1. The van der Waals surface area contributed by atoms with Crippen molar-refractivity contribution in [2.45, 2.75) is 50.3 Å². The van der Waals surface area contributed by atoms with Crippen molar-refractivity contribution >= 4 is 34.9 Å². The van der Waals surface area contributed by atoms with Gasteiger partial charge in [-0.3, -0.25) is 14.6 Å². The van der Waals surface area contributed by atoms with Crippen LogP contribution in [0.3, 0.4) is 0 Å². The van der Waals surface area contributed by atoms with E-state index in [0.717, 1.165) is 17.0 Å². The topological polar surface area (TPSA) is 89.2 Å². The maximum Gasteiger partial charge on any atom is 0.229 e. The molecule has 0 fully saturated rings. The fourth-order valence-corrected chi connectivity index (χ4v) is 5.31. The lowest BCUT2D eigenvalue weighted by molar-refractivity contribution is -0.115. The molecule has 0 aliphatic heterocycles. The third-order valence-electron chi connectivity index (χ3n) is 6.58. The number of aromatic nitrogens is 4. The van der Waals surface area contributed by atoms with E-state index >= 15 is 0 Å². The zero-order valence-corrected chi connectivity index (χ0v) is 20.9. The molecule has 1 atom stereocenters. The number of carbonyl (C=O) groups excluding carboxylic acids is 2. The molecule has 1 amide bonds. The van der Waals surface area contributed by atoms with Crippen LogP contribution in [0.5, 0.6) is 0 Å². The van der Waals surface area contributed by atoms with E-state index in [1.807, 2.05) is 48.7 Å². The van der Waals surface area contributed by atoms with Gasteiger partial charge in [-0.25, -0.2) is 9.97 Å².